The first-order valence-electron chi connectivity index (χ1n) is 10.8. The van der Waals surface area contributed by atoms with Crippen molar-refractivity contribution < 1.29 is 9.53 Å². The highest BCUT2D eigenvalue weighted by atomic mass is 32.1. The largest absolute Gasteiger partial charge is 0.426 e. The van der Waals surface area contributed by atoms with Crippen molar-refractivity contribution in [3.8, 4) is 16.9 Å². The van der Waals surface area contributed by atoms with Crippen LogP contribution in [0.4, 0.5) is 0 Å². The number of thiophene rings is 1. The third kappa shape index (κ3) is 3.22. The molecular formula is C27H26O2S. The maximum atomic E-state index is 11.7. The zero-order chi connectivity index (χ0) is 20.8. The number of rotatable bonds is 3. The molecule has 0 N–H and O–H groups in total. The van der Waals surface area contributed by atoms with Crippen molar-refractivity contribution in [1.82, 2.24) is 0 Å². The molecule has 1 heterocycles. The highest BCUT2D eigenvalue weighted by Crippen LogP contribution is 2.45. The van der Waals surface area contributed by atoms with Gasteiger partial charge < -0.3 is 4.74 Å². The normalized spacial score (nSPS) is 14.6. The lowest BCUT2D eigenvalue weighted by atomic mass is 9.89. The molecule has 1 aliphatic carbocycles. The fraction of sp³-hybridized carbons (Fsp3) is 0.296. The summed E-state index contributed by atoms with van der Waals surface area (Å²) in [5, 5.41) is 3.91. The number of aryl methyl sites for hydroxylation is 2. The van der Waals surface area contributed by atoms with Crippen molar-refractivity contribution >= 4 is 38.2 Å². The van der Waals surface area contributed by atoms with E-state index in [0.717, 1.165) is 5.75 Å². The number of carbonyl (C=O) groups excluding carboxylic acids is 1. The fourth-order valence-corrected chi connectivity index (χ4v) is 6.13. The van der Waals surface area contributed by atoms with Crippen molar-refractivity contribution in [2.24, 2.45) is 0 Å². The number of hydrogen-bond donors (Lipinski definition) is 0. The zero-order valence-electron chi connectivity index (χ0n) is 17.7. The molecule has 0 bridgehead atoms. The van der Waals surface area contributed by atoms with E-state index in [0.29, 0.717) is 5.92 Å². The van der Waals surface area contributed by atoms with E-state index in [1.54, 1.807) is 0 Å². The Bertz CT molecular complexity index is 1280. The second kappa shape index (κ2) is 7.55. The van der Waals surface area contributed by atoms with Crippen molar-refractivity contribution in [3.05, 3.63) is 64.5 Å². The molecule has 4 aromatic rings. The van der Waals surface area contributed by atoms with Crippen LogP contribution in [-0.2, 0) is 4.79 Å². The quantitative estimate of drug-likeness (QED) is 0.251. The Labute approximate surface area is 181 Å². The lowest BCUT2D eigenvalue weighted by molar-refractivity contribution is -0.131. The van der Waals surface area contributed by atoms with Gasteiger partial charge in [0.25, 0.3) is 0 Å². The molecule has 0 aliphatic heterocycles. The molecule has 5 rings (SSSR count). The maximum absolute atomic E-state index is 11.7. The summed E-state index contributed by atoms with van der Waals surface area (Å²) in [5.74, 6) is 0.946. The van der Waals surface area contributed by atoms with Crippen LogP contribution in [-0.4, -0.2) is 5.97 Å². The second-order valence-electron chi connectivity index (χ2n) is 8.46. The van der Waals surface area contributed by atoms with Crippen LogP contribution in [0.2, 0.25) is 0 Å². The van der Waals surface area contributed by atoms with Crippen LogP contribution in [0.1, 0.15) is 54.5 Å². The molecular weight excluding hydrogens is 388 g/mol. The molecule has 1 fully saturated rings. The van der Waals surface area contributed by atoms with E-state index in [2.05, 4.69) is 56.3 Å². The molecule has 1 aromatic heterocycles. The lowest BCUT2D eigenvalue weighted by Gasteiger charge is -2.18. The molecule has 0 unspecified atom stereocenters. The standard InChI is InChI=1S/C27H26O2S/c1-16-17(2)30-25-15-20-10-6-7-11-22(20)27(26(16)25)21-12-13-24(29-18(3)28)23(14-21)19-8-4-5-9-19/h6-7,10-15,19H,4-5,8-9H2,1-3H3. The smallest absolute Gasteiger partial charge is 0.308 e. The first-order valence-corrected chi connectivity index (χ1v) is 11.6. The third-order valence-corrected chi connectivity index (χ3v) is 7.68. The first-order chi connectivity index (χ1) is 14.5. The molecule has 30 heavy (non-hydrogen) atoms. The molecule has 1 aliphatic rings. The van der Waals surface area contributed by atoms with Gasteiger partial charge in [-0.3, -0.25) is 4.79 Å². The van der Waals surface area contributed by atoms with Crippen LogP contribution >= 0.6 is 11.3 Å². The van der Waals surface area contributed by atoms with Crippen LogP contribution in [0.25, 0.3) is 32.0 Å². The van der Waals surface area contributed by atoms with Gasteiger partial charge >= 0.3 is 5.97 Å². The number of benzene rings is 3. The van der Waals surface area contributed by atoms with Gasteiger partial charge in [0.2, 0.25) is 0 Å². The second-order valence-corrected chi connectivity index (χ2v) is 9.71. The minimum absolute atomic E-state index is 0.251. The average Bonchev–Trinajstić information content (AvgIpc) is 3.35. The SMILES string of the molecule is CC(=O)Oc1ccc(-c2c3ccccc3cc3sc(C)c(C)c23)cc1C1CCCC1. The number of carbonyl (C=O) groups is 1. The average molecular weight is 415 g/mol. The van der Waals surface area contributed by atoms with Gasteiger partial charge in [-0.15, -0.1) is 11.3 Å². The van der Waals surface area contributed by atoms with Crippen molar-refractivity contribution in [2.75, 3.05) is 0 Å². The van der Waals surface area contributed by atoms with Crippen molar-refractivity contribution in [3.63, 3.8) is 0 Å². The molecule has 0 spiro atoms. The van der Waals surface area contributed by atoms with Gasteiger partial charge in [0.15, 0.2) is 0 Å². The van der Waals surface area contributed by atoms with Gasteiger partial charge in [-0.1, -0.05) is 43.2 Å². The van der Waals surface area contributed by atoms with E-state index >= 15 is 0 Å². The molecule has 1 saturated carbocycles. The molecule has 3 heteroatoms. The summed E-state index contributed by atoms with van der Waals surface area (Å²) < 4.78 is 6.95. The first kappa shape index (κ1) is 19.3. The van der Waals surface area contributed by atoms with Crippen LogP contribution in [0.3, 0.4) is 0 Å². The van der Waals surface area contributed by atoms with Gasteiger partial charge in [-0.25, -0.2) is 0 Å². The Morgan fingerprint density at radius 2 is 1.80 bits per heavy atom. The van der Waals surface area contributed by atoms with Gasteiger partial charge in [0.05, 0.1) is 0 Å². The van der Waals surface area contributed by atoms with Gasteiger partial charge in [0.1, 0.15) is 5.75 Å². The van der Waals surface area contributed by atoms with E-state index < -0.39 is 0 Å². The van der Waals surface area contributed by atoms with E-state index in [-0.39, 0.29) is 5.97 Å². The van der Waals surface area contributed by atoms with E-state index in [9.17, 15) is 4.79 Å². The Balaban J connectivity index is 1.80. The van der Waals surface area contributed by atoms with E-state index in [1.165, 1.54) is 80.6 Å². The highest BCUT2D eigenvalue weighted by Gasteiger charge is 2.23. The summed E-state index contributed by atoms with van der Waals surface area (Å²) in [6.07, 6.45) is 4.82. The Hall–Kier alpha value is -2.65. The Morgan fingerprint density at radius 1 is 1.03 bits per heavy atom. The number of esters is 1. The Morgan fingerprint density at radius 3 is 2.57 bits per heavy atom. The van der Waals surface area contributed by atoms with Crippen LogP contribution in [0.5, 0.6) is 5.75 Å². The van der Waals surface area contributed by atoms with Gasteiger partial charge in [0, 0.05) is 21.9 Å². The van der Waals surface area contributed by atoms with E-state index in [1.807, 2.05) is 17.4 Å². The summed E-state index contributed by atoms with van der Waals surface area (Å²) in [6, 6.07) is 17.4. The monoisotopic (exact) mass is 414 g/mol. The lowest BCUT2D eigenvalue weighted by Crippen LogP contribution is -2.06. The molecule has 3 aromatic carbocycles. The number of fused-ring (bicyclic) bond motifs is 2. The predicted octanol–water partition coefficient (Wildman–Crippen LogP) is 7.92. The minimum Gasteiger partial charge on any atom is -0.426 e. The number of ether oxygens (including phenoxy) is 1. The summed E-state index contributed by atoms with van der Waals surface area (Å²) in [5.41, 5.74) is 5.07. The van der Waals surface area contributed by atoms with Crippen LogP contribution in [0.15, 0.2) is 48.5 Å². The molecule has 2 nitrogen and oxygen atoms in total. The van der Waals surface area contributed by atoms with Crippen molar-refractivity contribution in [2.45, 2.75) is 52.4 Å². The molecule has 0 atom stereocenters. The predicted molar refractivity (Wildman–Crippen MR) is 127 cm³/mol. The molecule has 0 radical (unpaired) electrons. The number of hydrogen-bond acceptors (Lipinski definition) is 3. The van der Waals surface area contributed by atoms with Crippen LogP contribution < -0.4 is 4.74 Å². The highest BCUT2D eigenvalue weighted by molar-refractivity contribution is 7.19. The van der Waals surface area contributed by atoms with Gasteiger partial charge in [-0.2, -0.15) is 0 Å². The summed E-state index contributed by atoms with van der Waals surface area (Å²) in [4.78, 5) is 13.1. The van der Waals surface area contributed by atoms with E-state index in [4.69, 9.17) is 4.74 Å². The van der Waals surface area contributed by atoms with Gasteiger partial charge in [-0.05, 0) is 83.8 Å². The molecule has 0 saturated heterocycles. The third-order valence-electron chi connectivity index (χ3n) is 6.53. The summed E-state index contributed by atoms with van der Waals surface area (Å²) >= 11 is 1.87. The summed E-state index contributed by atoms with van der Waals surface area (Å²) in [6.45, 7) is 5.93. The minimum atomic E-state index is -0.251. The molecule has 0 amide bonds. The van der Waals surface area contributed by atoms with Crippen LogP contribution in [0, 0.1) is 13.8 Å². The topological polar surface area (TPSA) is 26.3 Å². The zero-order valence-corrected chi connectivity index (χ0v) is 18.6. The Kier molecular flexibility index (Phi) is 4.86. The molecule has 152 valence electrons. The fourth-order valence-electron chi connectivity index (χ4n) is 5.00. The summed E-state index contributed by atoms with van der Waals surface area (Å²) in [7, 11) is 0. The van der Waals surface area contributed by atoms with Crippen molar-refractivity contribution in [1.29, 1.82) is 0 Å². The maximum Gasteiger partial charge on any atom is 0.308 e.